The van der Waals surface area contributed by atoms with E-state index in [9.17, 15) is 13.2 Å². The highest BCUT2D eigenvalue weighted by Gasteiger charge is 2.16. The Labute approximate surface area is 136 Å². The summed E-state index contributed by atoms with van der Waals surface area (Å²) in [5.41, 5.74) is 0.849. The molecule has 1 heterocycles. The van der Waals surface area contributed by atoms with Crippen molar-refractivity contribution in [1.29, 1.82) is 0 Å². The molecule has 3 N–H and O–H groups in total. The summed E-state index contributed by atoms with van der Waals surface area (Å²) in [5.74, 6) is -0.0580. The van der Waals surface area contributed by atoms with E-state index in [0.717, 1.165) is 12.1 Å². The van der Waals surface area contributed by atoms with E-state index in [-0.39, 0.29) is 16.8 Å². The number of rotatable bonds is 7. The molecule has 1 amide bonds. The number of benzene rings is 1. The maximum absolute atomic E-state index is 11.9. The maximum atomic E-state index is 11.9. The number of sulfonamides is 1. The number of carbonyl (C=O) groups is 1. The first-order valence-electron chi connectivity index (χ1n) is 7.67. The molecular weight excluding hydrogens is 318 g/mol. The molecule has 1 atom stereocenters. The molecule has 23 heavy (non-hydrogen) atoms. The van der Waals surface area contributed by atoms with Gasteiger partial charge in [0.15, 0.2) is 0 Å². The molecule has 1 saturated heterocycles. The summed E-state index contributed by atoms with van der Waals surface area (Å²) in [6.07, 6.45) is 0.368. The zero-order chi connectivity index (χ0) is 16.7. The Morgan fingerprint density at radius 3 is 2.70 bits per heavy atom. The Bertz CT molecular complexity index is 610. The van der Waals surface area contributed by atoms with Crippen LogP contribution < -0.4 is 15.4 Å². The van der Waals surface area contributed by atoms with Crippen LogP contribution in [0.2, 0.25) is 0 Å². The van der Waals surface area contributed by atoms with Crippen LogP contribution >= 0.6 is 0 Å². The lowest BCUT2D eigenvalue weighted by Gasteiger charge is -2.23. The monoisotopic (exact) mass is 341 g/mol. The highest BCUT2D eigenvalue weighted by atomic mass is 32.2. The quantitative estimate of drug-likeness (QED) is 0.648. The van der Waals surface area contributed by atoms with Gasteiger partial charge in [0.1, 0.15) is 0 Å². The van der Waals surface area contributed by atoms with Crippen LogP contribution in [0, 0.1) is 0 Å². The van der Waals surface area contributed by atoms with Crippen LogP contribution in [0.3, 0.4) is 0 Å². The van der Waals surface area contributed by atoms with Gasteiger partial charge in [-0.3, -0.25) is 4.79 Å². The van der Waals surface area contributed by atoms with E-state index in [4.69, 9.17) is 4.74 Å². The molecule has 1 fully saturated rings. The Kier molecular flexibility index (Phi) is 6.52. The van der Waals surface area contributed by atoms with E-state index < -0.39 is 10.0 Å². The van der Waals surface area contributed by atoms with Crippen molar-refractivity contribution in [3.63, 3.8) is 0 Å². The molecule has 2 rings (SSSR count). The first-order chi connectivity index (χ1) is 11.0. The molecule has 1 aromatic rings. The molecule has 7 nitrogen and oxygen atoms in total. The highest BCUT2D eigenvalue weighted by molar-refractivity contribution is 7.89. The van der Waals surface area contributed by atoms with Gasteiger partial charge in [-0.1, -0.05) is 19.1 Å². The minimum Gasteiger partial charge on any atom is -0.378 e. The largest absolute Gasteiger partial charge is 0.378 e. The Hall–Kier alpha value is -1.48. The van der Waals surface area contributed by atoms with Gasteiger partial charge in [-0.25, -0.2) is 13.1 Å². The molecular formula is C15H23N3O4S. The first kappa shape index (κ1) is 17.9. The number of ether oxygens (including phenoxy) is 1. The second kappa shape index (κ2) is 8.39. The van der Waals surface area contributed by atoms with Crippen LogP contribution in [0.1, 0.15) is 18.9 Å². The van der Waals surface area contributed by atoms with Crippen molar-refractivity contribution >= 4 is 15.9 Å². The van der Waals surface area contributed by atoms with Crippen molar-refractivity contribution in [3.8, 4) is 0 Å². The smallest absolute Gasteiger partial charge is 0.240 e. The Morgan fingerprint density at radius 2 is 2.09 bits per heavy atom. The zero-order valence-corrected chi connectivity index (χ0v) is 14.0. The molecule has 8 heteroatoms. The van der Waals surface area contributed by atoms with E-state index in [2.05, 4.69) is 15.4 Å². The topological polar surface area (TPSA) is 96.5 Å². The van der Waals surface area contributed by atoms with Crippen molar-refractivity contribution in [1.82, 2.24) is 15.4 Å². The highest BCUT2D eigenvalue weighted by Crippen LogP contribution is 2.10. The molecule has 0 spiro atoms. The lowest BCUT2D eigenvalue weighted by Crippen LogP contribution is -2.44. The second-order valence-corrected chi connectivity index (χ2v) is 7.12. The summed E-state index contributed by atoms with van der Waals surface area (Å²) in [6.45, 7) is 4.44. The Balaban J connectivity index is 1.82. The van der Waals surface area contributed by atoms with Gasteiger partial charge in [-0.15, -0.1) is 0 Å². The summed E-state index contributed by atoms with van der Waals surface area (Å²) in [4.78, 5) is 12.1. The summed E-state index contributed by atoms with van der Waals surface area (Å²) < 4.78 is 31.4. The third-order valence-electron chi connectivity index (χ3n) is 3.49. The van der Waals surface area contributed by atoms with Gasteiger partial charge in [0, 0.05) is 32.1 Å². The number of carbonyl (C=O) groups excluding carboxylic acids is 1. The van der Waals surface area contributed by atoms with Crippen LogP contribution in [0.5, 0.6) is 0 Å². The van der Waals surface area contributed by atoms with Crippen LogP contribution in [-0.4, -0.2) is 46.7 Å². The fourth-order valence-corrected chi connectivity index (χ4v) is 3.35. The molecule has 0 aliphatic carbocycles. The minimum atomic E-state index is -3.44. The van der Waals surface area contributed by atoms with Gasteiger partial charge in [0.05, 0.1) is 18.1 Å². The fourth-order valence-electron chi connectivity index (χ4n) is 2.31. The zero-order valence-electron chi connectivity index (χ0n) is 13.2. The number of amides is 1. The van der Waals surface area contributed by atoms with E-state index in [1.807, 2.05) is 0 Å². The van der Waals surface area contributed by atoms with Crippen LogP contribution in [0.15, 0.2) is 29.2 Å². The van der Waals surface area contributed by atoms with E-state index >= 15 is 0 Å². The predicted octanol–water partition coefficient (Wildman–Crippen LogP) is -0.0205. The SMILES string of the molecule is CCNS(=O)(=O)c1ccc(CNC(=O)CC2COCCN2)cc1. The molecule has 0 aromatic heterocycles. The molecule has 128 valence electrons. The average molecular weight is 341 g/mol. The van der Waals surface area contributed by atoms with Crippen LogP contribution in [-0.2, 0) is 26.1 Å². The average Bonchev–Trinajstić information content (AvgIpc) is 2.54. The van der Waals surface area contributed by atoms with E-state index in [0.29, 0.717) is 32.7 Å². The number of morpholine rings is 1. The minimum absolute atomic E-state index is 0.0522. The van der Waals surface area contributed by atoms with E-state index in [1.165, 1.54) is 12.1 Å². The lowest BCUT2D eigenvalue weighted by molar-refractivity contribution is -0.122. The third kappa shape index (κ3) is 5.58. The summed E-state index contributed by atoms with van der Waals surface area (Å²) in [7, 11) is -3.44. The Morgan fingerprint density at radius 1 is 1.35 bits per heavy atom. The maximum Gasteiger partial charge on any atom is 0.240 e. The van der Waals surface area contributed by atoms with Gasteiger partial charge in [-0.05, 0) is 17.7 Å². The van der Waals surface area contributed by atoms with Gasteiger partial charge < -0.3 is 15.4 Å². The summed E-state index contributed by atoms with van der Waals surface area (Å²) in [5, 5.41) is 6.05. The van der Waals surface area contributed by atoms with E-state index in [1.54, 1.807) is 19.1 Å². The number of nitrogens with one attached hydrogen (secondary N) is 3. The molecule has 1 aromatic carbocycles. The lowest BCUT2D eigenvalue weighted by atomic mass is 10.2. The predicted molar refractivity (Wildman–Crippen MR) is 86.4 cm³/mol. The van der Waals surface area contributed by atoms with Gasteiger partial charge in [0.2, 0.25) is 15.9 Å². The molecule has 1 unspecified atom stereocenters. The first-order valence-corrected chi connectivity index (χ1v) is 9.16. The van der Waals surface area contributed by atoms with Crippen molar-refractivity contribution in [2.24, 2.45) is 0 Å². The molecule has 1 aliphatic heterocycles. The van der Waals surface area contributed by atoms with Gasteiger partial charge in [0.25, 0.3) is 0 Å². The van der Waals surface area contributed by atoms with Crippen molar-refractivity contribution in [3.05, 3.63) is 29.8 Å². The van der Waals surface area contributed by atoms with Crippen molar-refractivity contribution in [2.75, 3.05) is 26.3 Å². The fraction of sp³-hybridized carbons (Fsp3) is 0.533. The summed E-state index contributed by atoms with van der Waals surface area (Å²) >= 11 is 0. The standard InChI is InChI=1S/C15H23N3O4S/c1-2-18-23(20,21)14-5-3-12(4-6-14)10-17-15(19)9-13-11-22-8-7-16-13/h3-6,13,16,18H,2,7-11H2,1H3,(H,17,19). The normalized spacial score (nSPS) is 18.6. The molecule has 0 bridgehead atoms. The van der Waals surface area contributed by atoms with Crippen molar-refractivity contribution in [2.45, 2.75) is 30.8 Å². The summed E-state index contributed by atoms with van der Waals surface area (Å²) in [6, 6.07) is 6.53. The third-order valence-corrected chi connectivity index (χ3v) is 5.05. The second-order valence-electron chi connectivity index (χ2n) is 5.35. The van der Waals surface area contributed by atoms with Crippen LogP contribution in [0.4, 0.5) is 0 Å². The van der Waals surface area contributed by atoms with Crippen molar-refractivity contribution < 1.29 is 17.9 Å². The van der Waals surface area contributed by atoms with Gasteiger partial charge >= 0.3 is 0 Å². The molecule has 1 aliphatic rings. The molecule has 0 radical (unpaired) electrons. The van der Waals surface area contributed by atoms with Gasteiger partial charge in [-0.2, -0.15) is 0 Å². The molecule has 0 saturated carbocycles. The van der Waals surface area contributed by atoms with Crippen LogP contribution in [0.25, 0.3) is 0 Å². The number of hydrogen-bond acceptors (Lipinski definition) is 5. The number of hydrogen-bond donors (Lipinski definition) is 3.